The van der Waals surface area contributed by atoms with Gasteiger partial charge in [-0.3, -0.25) is 25.2 Å². The SMILES string of the molecule is COc1ccccc1NS(=O)(=O)c1ccc(/C=C/C(=O)NNC(=O)c2ccc(CSc3ccc(Cl)cc3)cc2)cc1. The van der Waals surface area contributed by atoms with E-state index in [1.165, 1.54) is 31.4 Å². The van der Waals surface area contributed by atoms with Crippen LogP contribution in [0.15, 0.2) is 113 Å². The molecule has 0 aromatic heterocycles. The highest BCUT2D eigenvalue weighted by atomic mass is 35.5. The van der Waals surface area contributed by atoms with Crippen LogP contribution in [0.1, 0.15) is 21.5 Å². The summed E-state index contributed by atoms with van der Waals surface area (Å²) in [7, 11) is -2.39. The number of carbonyl (C=O) groups is 2. The van der Waals surface area contributed by atoms with E-state index in [9.17, 15) is 18.0 Å². The fraction of sp³-hybridized carbons (Fsp3) is 0.0667. The zero-order valence-corrected chi connectivity index (χ0v) is 24.2. The number of carbonyl (C=O) groups excluding carboxylic acids is 2. The van der Waals surface area contributed by atoms with E-state index in [4.69, 9.17) is 16.3 Å². The summed E-state index contributed by atoms with van der Waals surface area (Å²) in [5.41, 5.74) is 7.06. The van der Waals surface area contributed by atoms with Gasteiger partial charge in [-0.2, -0.15) is 0 Å². The van der Waals surface area contributed by atoms with Gasteiger partial charge in [0.2, 0.25) is 0 Å². The van der Waals surface area contributed by atoms with Crippen molar-refractivity contribution >= 4 is 57.0 Å². The van der Waals surface area contributed by atoms with Crippen LogP contribution >= 0.6 is 23.4 Å². The number of methoxy groups -OCH3 is 1. The Morgan fingerprint density at radius 1 is 0.878 bits per heavy atom. The Labute approximate surface area is 247 Å². The molecule has 8 nitrogen and oxygen atoms in total. The number of benzene rings is 4. The van der Waals surface area contributed by atoms with E-state index in [2.05, 4.69) is 15.6 Å². The maximum atomic E-state index is 12.7. The fourth-order valence-electron chi connectivity index (χ4n) is 3.54. The Hall–Kier alpha value is -4.25. The molecule has 0 saturated heterocycles. The van der Waals surface area contributed by atoms with Crippen LogP contribution in [-0.2, 0) is 20.6 Å². The lowest BCUT2D eigenvalue weighted by Gasteiger charge is -2.11. The average molecular weight is 608 g/mol. The van der Waals surface area contributed by atoms with Crippen molar-refractivity contribution in [2.24, 2.45) is 0 Å². The molecule has 4 aromatic rings. The molecule has 0 heterocycles. The maximum absolute atomic E-state index is 12.7. The van der Waals surface area contributed by atoms with Gasteiger partial charge in [-0.05, 0) is 77.9 Å². The number of thioether (sulfide) groups is 1. The van der Waals surface area contributed by atoms with Crippen molar-refractivity contribution in [3.05, 3.63) is 125 Å². The first-order valence-corrected chi connectivity index (χ1v) is 15.1. The zero-order chi connectivity index (χ0) is 29.2. The number of hydrogen-bond acceptors (Lipinski definition) is 6. The zero-order valence-electron chi connectivity index (χ0n) is 21.8. The quantitative estimate of drug-likeness (QED) is 0.117. The summed E-state index contributed by atoms with van der Waals surface area (Å²) < 4.78 is 33.2. The van der Waals surface area contributed by atoms with Gasteiger partial charge in [-0.15, -0.1) is 11.8 Å². The molecule has 0 spiro atoms. The molecule has 0 saturated carbocycles. The molecule has 0 bridgehead atoms. The van der Waals surface area contributed by atoms with Gasteiger partial charge < -0.3 is 4.74 Å². The van der Waals surface area contributed by atoms with Crippen LogP contribution in [-0.4, -0.2) is 27.3 Å². The second-order valence-electron chi connectivity index (χ2n) is 8.59. The maximum Gasteiger partial charge on any atom is 0.269 e. The molecule has 3 N–H and O–H groups in total. The first kappa shape index (κ1) is 29.7. The number of hydrogen-bond donors (Lipinski definition) is 3. The summed E-state index contributed by atoms with van der Waals surface area (Å²) in [5.74, 6) is 0.121. The van der Waals surface area contributed by atoms with Crippen LogP contribution in [0.25, 0.3) is 6.08 Å². The summed E-state index contributed by atoms with van der Waals surface area (Å²) >= 11 is 7.57. The van der Waals surface area contributed by atoms with Gasteiger partial charge >= 0.3 is 0 Å². The lowest BCUT2D eigenvalue weighted by atomic mass is 10.1. The van der Waals surface area contributed by atoms with Crippen LogP contribution in [0.5, 0.6) is 5.75 Å². The van der Waals surface area contributed by atoms with Crippen molar-refractivity contribution in [3.63, 3.8) is 0 Å². The first-order valence-electron chi connectivity index (χ1n) is 12.2. The summed E-state index contributed by atoms with van der Waals surface area (Å²) in [6.45, 7) is 0. The van der Waals surface area contributed by atoms with E-state index in [1.54, 1.807) is 60.3 Å². The van der Waals surface area contributed by atoms with Crippen molar-refractivity contribution in [2.45, 2.75) is 15.5 Å². The van der Waals surface area contributed by atoms with Gasteiger partial charge in [0, 0.05) is 27.3 Å². The molecular weight excluding hydrogens is 582 g/mol. The van der Waals surface area contributed by atoms with Crippen molar-refractivity contribution < 1.29 is 22.7 Å². The minimum absolute atomic E-state index is 0.0480. The number of rotatable bonds is 10. The van der Waals surface area contributed by atoms with Crippen molar-refractivity contribution in [1.82, 2.24) is 10.9 Å². The minimum Gasteiger partial charge on any atom is -0.495 e. The number of nitrogens with one attached hydrogen (secondary N) is 3. The molecule has 0 fully saturated rings. The molecule has 0 aliphatic rings. The van der Waals surface area contributed by atoms with Crippen LogP contribution in [0.4, 0.5) is 5.69 Å². The number of para-hydroxylation sites is 2. The van der Waals surface area contributed by atoms with E-state index < -0.39 is 21.8 Å². The third kappa shape index (κ3) is 8.62. The monoisotopic (exact) mass is 607 g/mol. The number of sulfonamides is 1. The molecule has 0 aliphatic heterocycles. The fourth-order valence-corrected chi connectivity index (χ4v) is 5.60. The van der Waals surface area contributed by atoms with E-state index >= 15 is 0 Å². The van der Waals surface area contributed by atoms with E-state index in [0.29, 0.717) is 27.6 Å². The lowest BCUT2D eigenvalue weighted by Crippen LogP contribution is -2.40. The number of hydrazine groups is 1. The molecular formula is C30H26ClN3O5S2. The van der Waals surface area contributed by atoms with Crippen molar-refractivity contribution in [1.29, 1.82) is 0 Å². The Kier molecular flexibility index (Phi) is 10.1. The third-order valence-corrected chi connectivity index (χ3v) is 8.42. The van der Waals surface area contributed by atoms with Gasteiger partial charge in [0.25, 0.3) is 21.8 Å². The topological polar surface area (TPSA) is 114 Å². The number of ether oxygens (including phenoxy) is 1. The molecule has 0 atom stereocenters. The molecule has 0 radical (unpaired) electrons. The third-order valence-electron chi connectivity index (χ3n) is 5.70. The predicted octanol–water partition coefficient (Wildman–Crippen LogP) is 5.92. The average Bonchev–Trinajstić information content (AvgIpc) is 2.99. The van der Waals surface area contributed by atoms with Crippen LogP contribution < -0.4 is 20.3 Å². The molecule has 41 heavy (non-hydrogen) atoms. The standard InChI is InChI=1S/C30H26ClN3O5S2/c1-39-28-5-3-2-4-27(28)34-41(37,38)26-17-8-21(9-18-26)10-19-29(35)32-33-30(36)23-11-6-22(7-12-23)20-40-25-15-13-24(31)14-16-25/h2-19,34H,20H2,1H3,(H,32,35)(H,33,36)/b19-10+. The molecule has 11 heteroatoms. The molecule has 4 aromatic carbocycles. The Balaban J connectivity index is 1.25. The summed E-state index contributed by atoms with van der Waals surface area (Å²) in [4.78, 5) is 25.7. The second-order valence-corrected chi connectivity index (χ2v) is 11.8. The molecule has 2 amide bonds. The molecule has 0 unspecified atom stereocenters. The first-order chi connectivity index (χ1) is 19.7. The molecule has 4 rings (SSSR count). The highest BCUT2D eigenvalue weighted by Gasteiger charge is 2.16. The summed E-state index contributed by atoms with van der Waals surface area (Å²) in [6, 6.07) is 27.3. The Bertz CT molecular complexity index is 1640. The van der Waals surface area contributed by atoms with Gasteiger partial charge in [0.1, 0.15) is 5.75 Å². The predicted molar refractivity (Wildman–Crippen MR) is 162 cm³/mol. The summed E-state index contributed by atoms with van der Waals surface area (Å²) in [6.07, 6.45) is 2.73. The second kappa shape index (κ2) is 13.9. The lowest BCUT2D eigenvalue weighted by molar-refractivity contribution is -0.117. The van der Waals surface area contributed by atoms with Gasteiger partial charge in [0.05, 0.1) is 17.7 Å². The highest BCUT2D eigenvalue weighted by molar-refractivity contribution is 7.98. The van der Waals surface area contributed by atoms with Gasteiger partial charge in [-0.1, -0.05) is 48.0 Å². The van der Waals surface area contributed by atoms with Crippen LogP contribution in [0, 0.1) is 0 Å². The van der Waals surface area contributed by atoms with Gasteiger partial charge in [0.15, 0.2) is 0 Å². The molecule has 210 valence electrons. The van der Waals surface area contributed by atoms with Crippen LogP contribution in [0.3, 0.4) is 0 Å². The summed E-state index contributed by atoms with van der Waals surface area (Å²) in [5, 5.41) is 0.688. The highest BCUT2D eigenvalue weighted by Crippen LogP contribution is 2.26. The molecule has 0 aliphatic carbocycles. The normalized spacial score (nSPS) is 11.2. The van der Waals surface area contributed by atoms with Gasteiger partial charge in [-0.25, -0.2) is 8.42 Å². The number of amides is 2. The van der Waals surface area contributed by atoms with Crippen molar-refractivity contribution in [2.75, 3.05) is 11.8 Å². The van der Waals surface area contributed by atoms with E-state index in [-0.39, 0.29) is 4.90 Å². The van der Waals surface area contributed by atoms with E-state index in [1.807, 2.05) is 36.4 Å². The largest absolute Gasteiger partial charge is 0.495 e. The number of halogens is 1. The Morgan fingerprint density at radius 3 is 2.24 bits per heavy atom. The Morgan fingerprint density at radius 2 is 1.56 bits per heavy atom. The smallest absolute Gasteiger partial charge is 0.269 e. The number of anilines is 1. The van der Waals surface area contributed by atoms with E-state index in [0.717, 1.165) is 16.2 Å². The minimum atomic E-state index is -3.85. The van der Waals surface area contributed by atoms with Crippen LogP contribution in [0.2, 0.25) is 5.02 Å². The van der Waals surface area contributed by atoms with Crippen molar-refractivity contribution in [3.8, 4) is 5.75 Å².